The molecule has 0 saturated carbocycles. The van der Waals surface area contributed by atoms with Crippen molar-refractivity contribution in [3.8, 4) is 0 Å². The quantitative estimate of drug-likeness (QED) is 0.439. The van der Waals surface area contributed by atoms with Gasteiger partial charge < -0.3 is 0 Å². The Labute approximate surface area is 89.9 Å². The smallest absolute Gasteiger partial charge is 0.244 e. The highest BCUT2D eigenvalue weighted by atomic mass is 35.5. The van der Waals surface area contributed by atoms with Gasteiger partial charge in [-0.05, 0) is 18.2 Å². The van der Waals surface area contributed by atoms with Gasteiger partial charge in [-0.15, -0.1) is 0 Å². The Bertz CT molecular complexity index is 554. The van der Waals surface area contributed by atoms with Gasteiger partial charge in [-0.25, -0.2) is 9.97 Å². The summed E-state index contributed by atoms with van der Waals surface area (Å²) in [6, 6.07) is 4.89. The molecule has 0 aliphatic carbocycles. The number of hydrogen-bond donors (Lipinski definition) is 0. The molecule has 0 atom stereocenters. The zero-order chi connectivity index (χ0) is 10.8. The lowest BCUT2D eigenvalue weighted by Gasteiger charge is -2.00. The number of nitrogens with zero attached hydrogens (tertiary/aromatic N) is 2. The van der Waals surface area contributed by atoms with E-state index in [0.717, 1.165) is 0 Å². The van der Waals surface area contributed by atoms with Crippen molar-refractivity contribution < 1.29 is 9.59 Å². The van der Waals surface area contributed by atoms with Crippen LogP contribution in [0.5, 0.6) is 0 Å². The summed E-state index contributed by atoms with van der Waals surface area (Å²) in [5.74, 6) is -0.676. The third kappa shape index (κ3) is 1.71. The number of halogens is 1. The molecule has 2 rings (SSSR count). The van der Waals surface area contributed by atoms with Crippen molar-refractivity contribution in [2.45, 2.75) is 0 Å². The summed E-state index contributed by atoms with van der Waals surface area (Å²) in [4.78, 5) is 29.4. The number of aromatic nitrogens is 2. The van der Waals surface area contributed by atoms with Crippen molar-refractivity contribution in [2.24, 2.45) is 0 Å². The van der Waals surface area contributed by atoms with E-state index in [1.807, 2.05) is 0 Å². The summed E-state index contributed by atoms with van der Waals surface area (Å²) in [6.07, 6.45) is 1.47. The molecule has 5 heteroatoms. The summed E-state index contributed by atoms with van der Waals surface area (Å²) in [6.45, 7) is 0. The molecule has 4 nitrogen and oxygen atoms in total. The van der Waals surface area contributed by atoms with E-state index in [1.165, 1.54) is 6.33 Å². The van der Waals surface area contributed by atoms with Crippen LogP contribution in [-0.2, 0) is 4.79 Å². The van der Waals surface area contributed by atoms with Gasteiger partial charge >= 0.3 is 0 Å². The summed E-state index contributed by atoms with van der Waals surface area (Å²) in [5.41, 5.74) is 0.664. The summed E-state index contributed by atoms with van der Waals surface area (Å²) in [7, 11) is 0. The predicted molar refractivity (Wildman–Crippen MR) is 54.9 cm³/mol. The normalized spacial score (nSPS) is 10.2. The van der Waals surface area contributed by atoms with Gasteiger partial charge in [0.25, 0.3) is 0 Å². The first-order chi connectivity index (χ1) is 7.22. The van der Waals surface area contributed by atoms with Crippen LogP contribution in [0.15, 0.2) is 24.5 Å². The fraction of sp³-hybridized carbons (Fsp3) is 0. The summed E-state index contributed by atoms with van der Waals surface area (Å²) < 4.78 is 0. The van der Waals surface area contributed by atoms with Gasteiger partial charge in [0.2, 0.25) is 5.78 Å². The van der Waals surface area contributed by atoms with Gasteiger partial charge in [-0.1, -0.05) is 11.6 Å². The Hall–Kier alpha value is -1.81. The monoisotopic (exact) mass is 220 g/mol. The minimum atomic E-state index is -0.676. The van der Waals surface area contributed by atoms with Crippen LogP contribution in [0.25, 0.3) is 10.9 Å². The molecule has 0 radical (unpaired) electrons. The van der Waals surface area contributed by atoms with Gasteiger partial charge in [-0.3, -0.25) is 9.59 Å². The fourth-order valence-corrected chi connectivity index (χ4v) is 1.45. The lowest BCUT2D eigenvalue weighted by molar-refractivity contribution is -0.104. The molecule has 1 aromatic carbocycles. The molecule has 0 aliphatic rings. The van der Waals surface area contributed by atoms with Crippen LogP contribution >= 0.6 is 11.6 Å². The van der Waals surface area contributed by atoms with Crippen molar-refractivity contribution in [1.29, 1.82) is 0 Å². The largest absolute Gasteiger partial charge is 0.294 e. The number of fused-ring (bicyclic) bond motifs is 1. The molecule has 0 spiro atoms. The van der Waals surface area contributed by atoms with Crippen LogP contribution in [0.1, 0.15) is 10.5 Å². The number of hydrogen-bond acceptors (Lipinski definition) is 4. The molecule has 1 heterocycles. The van der Waals surface area contributed by atoms with Crippen molar-refractivity contribution in [1.82, 2.24) is 9.97 Å². The Morgan fingerprint density at radius 1 is 1.33 bits per heavy atom. The lowest BCUT2D eigenvalue weighted by atomic mass is 10.1. The fourth-order valence-electron chi connectivity index (χ4n) is 1.28. The minimum absolute atomic E-state index is 0.0810. The summed E-state index contributed by atoms with van der Waals surface area (Å²) >= 11 is 5.78. The molecule has 0 unspecified atom stereocenters. The minimum Gasteiger partial charge on any atom is -0.294 e. The number of carbonyl (C=O) groups is 2. The van der Waals surface area contributed by atoms with Crippen molar-refractivity contribution in [2.75, 3.05) is 0 Å². The van der Waals surface area contributed by atoms with E-state index >= 15 is 0 Å². The first-order valence-corrected chi connectivity index (χ1v) is 4.50. The van der Waals surface area contributed by atoms with Crippen LogP contribution in [0.3, 0.4) is 0 Å². The van der Waals surface area contributed by atoms with E-state index in [4.69, 9.17) is 11.6 Å². The van der Waals surface area contributed by atoms with Gasteiger partial charge in [0.1, 0.15) is 12.0 Å². The first kappa shape index (κ1) is 9.73. The van der Waals surface area contributed by atoms with Gasteiger partial charge in [0.05, 0.1) is 5.52 Å². The van der Waals surface area contributed by atoms with Crippen molar-refractivity contribution in [3.05, 3.63) is 35.2 Å². The number of aldehydes is 1. The van der Waals surface area contributed by atoms with Crippen LogP contribution in [0.2, 0.25) is 5.02 Å². The van der Waals surface area contributed by atoms with E-state index in [2.05, 4.69) is 9.97 Å². The predicted octanol–water partition coefficient (Wildman–Crippen LogP) is 1.66. The average Bonchev–Trinajstić information content (AvgIpc) is 2.27. The highest BCUT2D eigenvalue weighted by Gasteiger charge is 2.11. The first-order valence-electron chi connectivity index (χ1n) is 4.12. The van der Waals surface area contributed by atoms with Gasteiger partial charge in [0, 0.05) is 10.4 Å². The number of rotatable bonds is 2. The molecular formula is C10H5ClN2O2. The van der Waals surface area contributed by atoms with Gasteiger partial charge in [0.15, 0.2) is 6.29 Å². The van der Waals surface area contributed by atoms with Crippen molar-refractivity contribution >= 4 is 34.6 Å². The Morgan fingerprint density at radius 2 is 2.13 bits per heavy atom. The third-order valence-corrected chi connectivity index (χ3v) is 2.17. The molecule has 74 valence electrons. The maximum Gasteiger partial charge on any atom is 0.244 e. The summed E-state index contributed by atoms with van der Waals surface area (Å²) in [5, 5.41) is 0.958. The van der Waals surface area contributed by atoms with E-state index in [-0.39, 0.29) is 12.0 Å². The van der Waals surface area contributed by atoms with E-state index in [0.29, 0.717) is 15.9 Å². The standard InChI is InChI=1S/C10H5ClN2O2/c11-6-1-2-8-7(3-6)10(9(15)4-14)13-5-12-8/h1-5H. The van der Waals surface area contributed by atoms with Crippen LogP contribution < -0.4 is 0 Å². The zero-order valence-electron chi connectivity index (χ0n) is 7.48. The highest BCUT2D eigenvalue weighted by molar-refractivity contribution is 6.36. The molecule has 0 fully saturated rings. The number of carbonyl (C=O) groups excluding carboxylic acids is 2. The van der Waals surface area contributed by atoms with Gasteiger partial charge in [-0.2, -0.15) is 0 Å². The molecule has 0 amide bonds. The molecule has 15 heavy (non-hydrogen) atoms. The van der Waals surface area contributed by atoms with E-state index in [1.54, 1.807) is 18.2 Å². The third-order valence-electron chi connectivity index (χ3n) is 1.94. The highest BCUT2D eigenvalue weighted by Crippen LogP contribution is 2.19. The zero-order valence-corrected chi connectivity index (χ0v) is 8.23. The molecule has 0 aliphatic heterocycles. The Kier molecular flexibility index (Phi) is 2.43. The van der Waals surface area contributed by atoms with E-state index < -0.39 is 5.78 Å². The van der Waals surface area contributed by atoms with Crippen LogP contribution in [-0.4, -0.2) is 22.0 Å². The number of Topliss-reactive ketones (excluding diaryl/α,β-unsaturated/α-hetero) is 1. The maximum atomic E-state index is 11.2. The SMILES string of the molecule is O=CC(=O)c1ncnc2ccc(Cl)cc12. The molecule has 0 bridgehead atoms. The average molecular weight is 221 g/mol. The molecule has 0 N–H and O–H groups in total. The number of ketones is 1. The number of benzene rings is 1. The second-order valence-corrected chi connectivity index (χ2v) is 3.30. The maximum absolute atomic E-state index is 11.2. The lowest BCUT2D eigenvalue weighted by Crippen LogP contribution is -2.04. The molecular weight excluding hydrogens is 216 g/mol. The van der Waals surface area contributed by atoms with Crippen molar-refractivity contribution in [3.63, 3.8) is 0 Å². The van der Waals surface area contributed by atoms with E-state index in [9.17, 15) is 9.59 Å². The van der Waals surface area contributed by atoms with Crippen LogP contribution in [0.4, 0.5) is 0 Å². The second-order valence-electron chi connectivity index (χ2n) is 2.87. The second kappa shape index (κ2) is 3.74. The Morgan fingerprint density at radius 3 is 2.87 bits per heavy atom. The molecule has 1 aromatic heterocycles. The van der Waals surface area contributed by atoms with Crippen LogP contribution in [0, 0.1) is 0 Å². The molecule has 2 aromatic rings. The topological polar surface area (TPSA) is 59.9 Å². The Balaban J connectivity index is 2.79. The molecule has 0 saturated heterocycles.